The summed E-state index contributed by atoms with van der Waals surface area (Å²) in [5.41, 5.74) is 0.447. The van der Waals surface area contributed by atoms with Gasteiger partial charge in [0, 0.05) is 25.4 Å². The molecule has 2 aliphatic rings. The molecule has 0 saturated carbocycles. The fourth-order valence-electron chi connectivity index (χ4n) is 3.45. The minimum atomic E-state index is -3.63. The lowest BCUT2D eigenvalue weighted by Gasteiger charge is -2.24. The minimum absolute atomic E-state index is 0.131. The quantitative estimate of drug-likeness (QED) is 0.747. The van der Waals surface area contributed by atoms with E-state index >= 15 is 0 Å². The lowest BCUT2D eigenvalue weighted by molar-refractivity contribution is 0.0292. The van der Waals surface area contributed by atoms with Crippen LogP contribution in [0.3, 0.4) is 0 Å². The number of benzene rings is 1. The molecule has 0 aromatic heterocycles. The molecule has 0 N–H and O–H groups in total. The van der Waals surface area contributed by atoms with Crippen molar-refractivity contribution in [3.8, 4) is 0 Å². The molecule has 1 heterocycles. The van der Waals surface area contributed by atoms with Crippen LogP contribution in [-0.4, -0.2) is 43.4 Å². The summed E-state index contributed by atoms with van der Waals surface area (Å²) in [4.78, 5) is 14.1. The third-order valence-electron chi connectivity index (χ3n) is 4.92. The monoisotopic (exact) mass is 407 g/mol. The number of amides is 1. The number of carbonyl (C=O) groups excluding carboxylic acids is 1. The zero-order valence-corrected chi connectivity index (χ0v) is 17.2. The Morgan fingerprint density at radius 2 is 1.89 bits per heavy atom. The van der Waals surface area contributed by atoms with Gasteiger partial charge >= 0.3 is 6.09 Å². The first-order chi connectivity index (χ1) is 13.1. The van der Waals surface area contributed by atoms with Crippen LogP contribution in [0, 0.1) is 0 Å². The van der Waals surface area contributed by atoms with Crippen LogP contribution in [0.25, 0.3) is 0 Å². The van der Waals surface area contributed by atoms with Gasteiger partial charge in [0.25, 0.3) is 0 Å². The average molecular weight is 408 g/mol. The molecule has 1 aliphatic heterocycles. The smallest absolute Gasteiger partial charge is 0.410 e. The van der Waals surface area contributed by atoms with Gasteiger partial charge < -0.3 is 9.64 Å². The molecule has 0 bridgehead atoms. The largest absolute Gasteiger partial charge is 0.444 e. The van der Waals surface area contributed by atoms with Crippen molar-refractivity contribution in [2.45, 2.75) is 55.3 Å². The maximum atomic E-state index is 13.5. The summed E-state index contributed by atoms with van der Waals surface area (Å²) in [7, 11) is -3.63. The van der Waals surface area contributed by atoms with E-state index in [1.54, 1.807) is 29.2 Å². The van der Waals surface area contributed by atoms with Crippen molar-refractivity contribution in [3.63, 3.8) is 0 Å². The second-order valence-electron chi connectivity index (χ2n) is 8.27. The lowest BCUT2D eigenvalue weighted by atomic mass is 9.99. The Bertz CT molecular complexity index is 897. The highest BCUT2D eigenvalue weighted by Crippen LogP contribution is 2.31. The molecule has 0 radical (unpaired) electrons. The Labute approximate surface area is 165 Å². The Morgan fingerprint density at radius 3 is 2.50 bits per heavy atom. The molecule has 28 heavy (non-hydrogen) atoms. The molecule has 1 aromatic rings. The molecule has 3 rings (SSSR count). The van der Waals surface area contributed by atoms with Crippen molar-refractivity contribution in [3.05, 3.63) is 53.9 Å². The highest BCUT2D eigenvalue weighted by molar-refractivity contribution is 7.92. The van der Waals surface area contributed by atoms with Gasteiger partial charge in [0.1, 0.15) is 11.4 Å². The molecule has 0 spiro atoms. The second kappa shape index (κ2) is 7.70. The van der Waals surface area contributed by atoms with Gasteiger partial charge in [0.15, 0.2) is 9.84 Å². The molecule has 2 atom stereocenters. The maximum absolute atomic E-state index is 13.5. The number of carbonyl (C=O) groups is 1. The first-order valence-electron chi connectivity index (χ1n) is 9.41. The van der Waals surface area contributed by atoms with Crippen LogP contribution < -0.4 is 0 Å². The van der Waals surface area contributed by atoms with Crippen molar-refractivity contribution >= 4 is 15.9 Å². The Hall–Kier alpha value is -2.15. The van der Waals surface area contributed by atoms with Crippen LogP contribution in [0.1, 0.15) is 45.1 Å². The summed E-state index contributed by atoms with van der Waals surface area (Å²) in [6, 6.07) is 6.72. The number of ether oxygens (including phenoxy) is 1. The van der Waals surface area contributed by atoms with Crippen LogP contribution in [-0.2, 0) is 14.6 Å². The van der Waals surface area contributed by atoms with E-state index < -0.39 is 26.5 Å². The summed E-state index contributed by atoms with van der Waals surface area (Å²) in [5.74, 6) is -0.292. The molecule has 1 amide bonds. The highest BCUT2D eigenvalue weighted by atomic mass is 32.2. The topological polar surface area (TPSA) is 63.7 Å². The number of hydrogen-bond acceptors (Lipinski definition) is 4. The summed E-state index contributed by atoms with van der Waals surface area (Å²) in [6.07, 6.45) is 4.58. The van der Waals surface area contributed by atoms with E-state index in [-0.39, 0.29) is 23.3 Å². The zero-order chi connectivity index (χ0) is 20.5. The van der Waals surface area contributed by atoms with Crippen LogP contribution in [0.4, 0.5) is 9.18 Å². The van der Waals surface area contributed by atoms with Gasteiger partial charge in [-0.25, -0.2) is 17.6 Å². The number of hydrogen-bond donors (Lipinski definition) is 0. The molecule has 1 fully saturated rings. The number of likely N-dealkylation sites (tertiary alicyclic amines) is 1. The molecule has 152 valence electrons. The van der Waals surface area contributed by atoms with Crippen LogP contribution in [0.15, 0.2) is 53.2 Å². The van der Waals surface area contributed by atoms with E-state index in [0.717, 1.165) is 12.0 Å². The van der Waals surface area contributed by atoms with Gasteiger partial charge in [-0.1, -0.05) is 24.3 Å². The summed E-state index contributed by atoms with van der Waals surface area (Å²) in [6.45, 7) is 6.66. The summed E-state index contributed by atoms with van der Waals surface area (Å²) in [5, 5.41) is -0.877. The molecular formula is C21H26FNO4S. The fraction of sp³-hybridized carbons (Fsp3) is 0.476. The number of nitrogens with zero attached hydrogens (tertiary/aromatic N) is 1. The van der Waals surface area contributed by atoms with Gasteiger partial charge in [0.05, 0.1) is 10.1 Å². The minimum Gasteiger partial charge on any atom is -0.444 e. The van der Waals surface area contributed by atoms with Crippen LogP contribution in [0.2, 0.25) is 0 Å². The number of sulfone groups is 1. The highest BCUT2D eigenvalue weighted by Gasteiger charge is 2.31. The molecule has 1 aromatic carbocycles. The van der Waals surface area contributed by atoms with Crippen molar-refractivity contribution < 1.29 is 22.3 Å². The van der Waals surface area contributed by atoms with Gasteiger partial charge in [0.2, 0.25) is 0 Å². The van der Waals surface area contributed by atoms with Gasteiger partial charge in [-0.15, -0.1) is 0 Å². The van der Waals surface area contributed by atoms with Crippen LogP contribution >= 0.6 is 0 Å². The molecule has 1 aliphatic carbocycles. The van der Waals surface area contributed by atoms with E-state index in [2.05, 4.69) is 0 Å². The summed E-state index contributed by atoms with van der Waals surface area (Å²) < 4.78 is 44.3. The predicted molar refractivity (Wildman–Crippen MR) is 106 cm³/mol. The Morgan fingerprint density at radius 1 is 1.21 bits per heavy atom. The summed E-state index contributed by atoms with van der Waals surface area (Å²) >= 11 is 0. The second-order valence-corrected chi connectivity index (χ2v) is 10.4. The van der Waals surface area contributed by atoms with E-state index in [9.17, 15) is 17.6 Å². The number of rotatable bonds is 3. The first kappa shape index (κ1) is 20.6. The van der Waals surface area contributed by atoms with Crippen molar-refractivity contribution in [1.82, 2.24) is 4.90 Å². The van der Waals surface area contributed by atoms with E-state index in [4.69, 9.17) is 4.74 Å². The van der Waals surface area contributed by atoms with E-state index in [0.29, 0.717) is 13.1 Å². The average Bonchev–Trinajstić information content (AvgIpc) is 3.11. The van der Waals surface area contributed by atoms with Crippen molar-refractivity contribution in [2.75, 3.05) is 13.1 Å². The molecular weight excluding hydrogens is 381 g/mol. The number of halogens is 1. The molecule has 2 unspecified atom stereocenters. The molecule has 7 heteroatoms. The lowest BCUT2D eigenvalue weighted by Crippen LogP contribution is -2.35. The number of allylic oxidation sites excluding steroid dienone is 3. The van der Waals surface area contributed by atoms with Crippen LogP contribution in [0.5, 0.6) is 0 Å². The SMILES string of the molecule is CC(C)(C)OC(=O)N1CCC(c2ccc(S(=O)(=O)C3C=CC=C(F)C3)cc2)C1. The van der Waals surface area contributed by atoms with Gasteiger partial charge in [-0.2, -0.15) is 0 Å². The fourth-order valence-corrected chi connectivity index (χ4v) is 5.00. The molecule has 5 nitrogen and oxygen atoms in total. The third kappa shape index (κ3) is 4.63. The Balaban J connectivity index is 1.68. The van der Waals surface area contributed by atoms with E-state index in [1.807, 2.05) is 20.8 Å². The van der Waals surface area contributed by atoms with E-state index in [1.165, 1.54) is 18.2 Å². The molecule has 1 saturated heterocycles. The maximum Gasteiger partial charge on any atom is 0.410 e. The standard InChI is InChI=1S/C21H26FNO4S/c1-21(2,3)27-20(24)23-12-11-16(14-23)15-7-9-18(10-8-15)28(25,26)19-6-4-5-17(22)13-19/h4-10,16,19H,11-14H2,1-3H3. The van der Waals surface area contributed by atoms with Crippen molar-refractivity contribution in [1.29, 1.82) is 0 Å². The van der Waals surface area contributed by atoms with Gasteiger partial charge in [-0.3, -0.25) is 0 Å². The predicted octanol–water partition coefficient (Wildman–Crippen LogP) is 4.37. The first-order valence-corrected chi connectivity index (χ1v) is 11.0. The third-order valence-corrected chi connectivity index (χ3v) is 6.97. The van der Waals surface area contributed by atoms with Crippen molar-refractivity contribution in [2.24, 2.45) is 0 Å². The zero-order valence-electron chi connectivity index (χ0n) is 16.4. The Kier molecular flexibility index (Phi) is 5.66. The van der Waals surface area contributed by atoms with Gasteiger partial charge in [-0.05, 0) is 51.0 Å². The normalized spacial score (nSPS) is 22.9.